The van der Waals surface area contributed by atoms with E-state index in [2.05, 4.69) is 15.3 Å². The number of sulfonamides is 1. The van der Waals surface area contributed by atoms with Crippen molar-refractivity contribution in [3.05, 3.63) is 47.3 Å². The van der Waals surface area contributed by atoms with Crippen molar-refractivity contribution in [2.45, 2.75) is 25.7 Å². The average molecular weight is 473 g/mol. The summed E-state index contributed by atoms with van der Waals surface area (Å²) in [6.07, 6.45) is 0. The molecule has 1 aromatic carbocycles. The number of aryl methyl sites for hydroxylation is 1. The molecule has 11 heteroatoms. The van der Waals surface area contributed by atoms with Gasteiger partial charge in [0.05, 0.1) is 19.9 Å². The van der Waals surface area contributed by atoms with Gasteiger partial charge in [-0.05, 0) is 50.6 Å². The number of methoxy groups -OCH3 is 2. The molecule has 0 unspecified atom stereocenters. The fraction of sp³-hybridized carbons (Fsp3) is 0.409. The second-order valence-corrected chi connectivity index (χ2v) is 9.77. The van der Waals surface area contributed by atoms with Crippen molar-refractivity contribution in [3.8, 4) is 17.3 Å². The zero-order valence-corrected chi connectivity index (χ0v) is 20.3. The van der Waals surface area contributed by atoms with Crippen LogP contribution in [-0.4, -0.2) is 73.1 Å². The zero-order valence-electron chi connectivity index (χ0n) is 19.4. The Morgan fingerprint density at radius 1 is 0.879 bits per heavy atom. The first-order valence-electron chi connectivity index (χ1n) is 10.6. The van der Waals surface area contributed by atoms with E-state index in [1.807, 2.05) is 37.8 Å². The van der Waals surface area contributed by atoms with E-state index < -0.39 is 10.0 Å². The van der Waals surface area contributed by atoms with Crippen molar-refractivity contribution in [3.63, 3.8) is 0 Å². The molecule has 0 atom stereocenters. The number of hydrogen-bond acceptors (Lipinski definition) is 8. The lowest BCUT2D eigenvalue weighted by molar-refractivity contribution is 0.370. The maximum absolute atomic E-state index is 13.3. The fourth-order valence-corrected chi connectivity index (χ4v) is 5.42. The maximum Gasteiger partial charge on any atom is 0.247 e. The van der Waals surface area contributed by atoms with Gasteiger partial charge in [-0.1, -0.05) is 0 Å². The Kier molecular flexibility index (Phi) is 6.26. The van der Waals surface area contributed by atoms with Crippen molar-refractivity contribution < 1.29 is 17.9 Å². The molecule has 0 bridgehead atoms. The van der Waals surface area contributed by atoms with Gasteiger partial charge in [-0.15, -0.1) is 10.2 Å². The number of hydrogen-bond donors (Lipinski definition) is 0. The van der Waals surface area contributed by atoms with E-state index in [0.29, 0.717) is 49.3 Å². The summed E-state index contributed by atoms with van der Waals surface area (Å²) in [5.74, 6) is 2.10. The lowest BCUT2D eigenvalue weighted by atomic mass is 10.2. The van der Waals surface area contributed by atoms with E-state index in [9.17, 15) is 8.42 Å². The minimum atomic E-state index is -3.74. The molecule has 0 spiro atoms. The van der Waals surface area contributed by atoms with E-state index in [0.717, 1.165) is 17.0 Å². The normalized spacial score (nSPS) is 15.0. The standard InChI is InChI=1S/C22H28N6O4S/c1-15-16(2)25-28(17(15)3)22-9-8-21(23-24-22)26-10-12-27(13-11-26)33(29,30)20-14-18(31-4)6-7-19(20)32-5/h6-9,14H,10-13H2,1-5H3. The largest absolute Gasteiger partial charge is 0.497 e. The molecule has 3 aromatic rings. The first-order valence-corrected chi connectivity index (χ1v) is 12.0. The molecule has 0 N–H and O–H groups in total. The molecule has 0 aliphatic carbocycles. The highest BCUT2D eigenvalue weighted by atomic mass is 32.2. The monoisotopic (exact) mass is 472 g/mol. The number of ether oxygens (including phenoxy) is 2. The highest BCUT2D eigenvalue weighted by molar-refractivity contribution is 7.89. The van der Waals surface area contributed by atoms with Crippen LogP contribution in [0, 0.1) is 20.8 Å². The topological polar surface area (TPSA) is 103 Å². The Bertz CT molecular complexity index is 1250. The highest BCUT2D eigenvalue weighted by Crippen LogP contribution is 2.31. The van der Waals surface area contributed by atoms with Crippen LogP contribution in [-0.2, 0) is 10.0 Å². The molecular formula is C22H28N6O4S. The summed E-state index contributed by atoms with van der Waals surface area (Å²) in [5.41, 5.74) is 3.12. The number of nitrogens with zero attached hydrogens (tertiary/aromatic N) is 6. The molecule has 2 aromatic heterocycles. The molecule has 1 aliphatic heterocycles. The molecule has 0 radical (unpaired) electrons. The molecule has 1 fully saturated rings. The molecule has 0 amide bonds. The van der Waals surface area contributed by atoms with Crippen LogP contribution in [0.25, 0.3) is 5.82 Å². The number of rotatable bonds is 6. The quantitative estimate of drug-likeness (QED) is 0.538. The Labute approximate surface area is 193 Å². The van der Waals surface area contributed by atoms with Crippen LogP contribution in [0.5, 0.6) is 11.5 Å². The second kappa shape index (κ2) is 8.99. The fourth-order valence-electron chi connectivity index (χ4n) is 3.83. The summed E-state index contributed by atoms with van der Waals surface area (Å²) in [5, 5.41) is 13.2. The molecule has 1 saturated heterocycles. The van der Waals surface area contributed by atoms with Crippen LogP contribution in [0.1, 0.15) is 17.0 Å². The van der Waals surface area contributed by atoms with Gasteiger partial charge in [-0.2, -0.15) is 9.40 Å². The number of piperazine rings is 1. The van der Waals surface area contributed by atoms with E-state index in [4.69, 9.17) is 9.47 Å². The van der Waals surface area contributed by atoms with Gasteiger partial charge in [0.1, 0.15) is 16.4 Å². The summed E-state index contributed by atoms with van der Waals surface area (Å²) < 4.78 is 40.3. The molecule has 33 heavy (non-hydrogen) atoms. The Hall–Kier alpha value is -3.18. The summed E-state index contributed by atoms with van der Waals surface area (Å²) in [4.78, 5) is 2.13. The lowest BCUT2D eigenvalue weighted by Gasteiger charge is -2.34. The van der Waals surface area contributed by atoms with Gasteiger partial charge in [0.15, 0.2) is 11.6 Å². The summed E-state index contributed by atoms with van der Waals surface area (Å²) >= 11 is 0. The molecule has 176 valence electrons. The third-order valence-corrected chi connectivity index (χ3v) is 7.98. The molecule has 0 saturated carbocycles. The number of aromatic nitrogens is 4. The van der Waals surface area contributed by atoms with Crippen LogP contribution < -0.4 is 14.4 Å². The van der Waals surface area contributed by atoms with Gasteiger partial charge in [0.25, 0.3) is 0 Å². The first kappa shape index (κ1) is 23.0. The summed E-state index contributed by atoms with van der Waals surface area (Å²) in [6, 6.07) is 8.54. The summed E-state index contributed by atoms with van der Waals surface area (Å²) in [7, 11) is -0.786. The molecule has 4 rings (SSSR count). The first-order chi connectivity index (χ1) is 15.8. The molecular weight excluding hydrogens is 444 g/mol. The third-order valence-electron chi connectivity index (χ3n) is 6.06. The predicted molar refractivity (Wildman–Crippen MR) is 124 cm³/mol. The lowest BCUT2D eigenvalue weighted by Crippen LogP contribution is -2.49. The predicted octanol–water partition coefficient (Wildman–Crippen LogP) is 2.12. The molecule has 1 aliphatic rings. The molecule has 3 heterocycles. The SMILES string of the molecule is COc1ccc(OC)c(S(=O)(=O)N2CCN(c3ccc(-n4nc(C)c(C)c4C)nn3)CC2)c1. The van der Waals surface area contributed by atoms with Crippen LogP contribution in [0.15, 0.2) is 35.2 Å². The van der Waals surface area contributed by atoms with E-state index in [1.54, 1.807) is 16.8 Å². The van der Waals surface area contributed by atoms with Crippen LogP contribution in [0.2, 0.25) is 0 Å². The third kappa shape index (κ3) is 4.25. The van der Waals surface area contributed by atoms with Crippen molar-refractivity contribution in [1.82, 2.24) is 24.3 Å². The van der Waals surface area contributed by atoms with Gasteiger partial charge in [-0.25, -0.2) is 13.1 Å². The van der Waals surface area contributed by atoms with Crippen molar-refractivity contribution in [2.75, 3.05) is 45.3 Å². The second-order valence-electron chi connectivity index (χ2n) is 7.87. The van der Waals surface area contributed by atoms with Crippen LogP contribution >= 0.6 is 0 Å². The van der Waals surface area contributed by atoms with E-state index in [-0.39, 0.29) is 4.90 Å². The van der Waals surface area contributed by atoms with Gasteiger partial charge < -0.3 is 14.4 Å². The zero-order chi connectivity index (χ0) is 23.8. The maximum atomic E-state index is 13.3. The van der Waals surface area contributed by atoms with Crippen LogP contribution in [0.4, 0.5) is 5.82 Å². The van der Waals surface area contributed by atoms with Crippen molar-refractivity contribution >= 4 is 15.8 Å². The van der Waals surface area contributed by atoms with E-state index >= 15 is 0 Å². The number of anilines is 1. The van der Waals surface area contributed by atoms with Gasteiger partial charge in [0, 0.05) is 37.9 Å². The van der Waals surface area contributed by atoms with E-state index in [1.165, 1.54) is 24.6 Å². The Morgan fingerprint density at radius 2 is 1.55 bits per heavy atom. The van der Waals surface area contributed by atoms with Crippen molar-refractivity contribution in [1.29, 1.82) is 0 Å². The van der Waals surface area contributed by atoms with Crippen molar-refractivity contribution in [2.24, 2.45) is 0 Å². The summed E-state index contributed by atoms with van der Waals surface area (Å²) in [6.45, 7) is 7.64. The minimum Gasteiger partial charge on any atom is -0.497 e. The highest BCUT2D eigenvalue weighted by Gasteiger charge is 2.31. The average Bonchev–Trinajstić information content (AvgIpc) is 3.11. The smallest absolute Gasteiger partial charge is 0.247 e. The molecule has 10 nitrogen and oxygen atoms in total. The Morgan fingerprint density at radius 3 is 2.09 bits per heavy atom. The van der Waals surface area contributed by atoms with Gasteiger partial charge in [0.2, 0.25) is 10.0 Å². The Balaban J connectivity index is 1.48. The van der Waals surface area contributed by atoms with Gasteiger partial charge in [-0.3, -0.25) is 0 Å². The van der Waals surface area contributed by atoms with Gasteiger partial charge >= 0.3 is 0 Å². The minimum absolute atomic E-state index is 0.0992. The van der Waals surface area contributed by atoms with Crippen LogP contribution in [0.3, 0.4) is 0 Å². The number of benzene rings is 1.